The standard InChI is InChI=1S/C22H16N2O5S/c1-3-8-24-14-10-16-17(28-12-27-16)11-19(14)30-22(24)23-21(25)18-9-13-6-5-7-15(26-4-2)20(13)29-18/h1,5-7,9-11H,4,8,12H2,2H3. The molecular weight excluding hydrogens is 404 g/mol. The van der Waals surface area contributed by atoms with E-state index in [9.17, 15) is 4.79 Å². The molecule has 4 aromatic rings. The number of carbonyl (C=O) groups is 1. The third-order valence-corrected chi connectivity index (χ3v) is 5.68. The Balaban J connectivity index is 1.61. The van der Waals surface area contributed by atoms with E-state index in [2.05, 4.69) is 10.9 Å². The van der Waals surface area contributed by atoms with Crippen LogP contribution in [0.2, 0.25) is 0 Å². The van der Waals surface area contributed by atoms with Gasteiger partial charge in [0.05, 0.1) is 23.4 Å². The van der Waals surface area contributed by atoms with Crippen LogP contribution in [0.15, 0.2) is 45.8 Å². The number of amides is 1. The average molecular weight is 420 g/mol. The number of terminal acetylenes is 1. The lowest BCUT2D eigenvalue weighted by molar-refractivity contribution is 0.0973. The predicted molar refractivity (Wildman–Crippen MR) is 112 cm³/mol. The Morgan fingerprint density at radius 3 is 2.93 bits per heavy atom. The molecule has 0 radical (unpaired) electrons. The van der Waals surface area contributed by atoms with Crippen molar-refractivity contribution in [3.8, 4) is 29.6 Å². The maximum atomic E-state index is 12.9. The molecule has 1 aliphatic rings. The average Bonchev–Trinajstić information content (AvgIpc) is 3.44. The highest BCUT2D eigenvalue weighted by atomic mass is 32.1. The summed E-state index contributed by atoms with van der Waals surface area (Å²) in [6, 6.07) is 10.9. The molecular formula is C22H16N2O5S. The van der Waals surface area contributed by atoms with E-state index in [1.807, 2.05) is 31.2 Å². The Hall–Kier alpha value is -3.70. The molecule has 0 atom stereocenters. The maximum Gasteiger partial charge on any atom is 0.315 e. The van der Waals surface area contributed by atoms with Crippen molar-refractivity contribution in [2.75, 3.05) is 13.4 Å². The summed E-state index contributed by atoms with van der Waals surface area (Å²) >= 11 is 1.35. The number of fused-ring (bicyclic) bond motifs is 3. The summed E-state index contributed by atoms with van der Waals surface area (Å²) in [5.74, 6) is 4.15. The molecule has 0 saturated heterocycles. The second-order valence-electron chi connectivity index (χ2n) is 6.48. The number of benzene rings is 2. The molecule has 0 N–H and O–H groups in total. The third-order valence-electron chi connectivity index (χ3n) is 4.64. The number of para-hydroxylation sites is 1. The van der Waals surface area contributed by atoms with E-state index in [1.165, 1.54) is 11.3 Å². The molecule has 2 aromatic heterocycles. The first-order valence-corrected chi connectivity index (χ1v) is 10.1. The fourth-order valence-corrected chi connectivity index (χ4v) is 4.38. The normalized spacial score (nSPS) is 13.1. The van der Waals surface area contributed by atoms with Crippen molar-refractivity contribution in [1.82, 2.24) is 4.57 Å². The Bertz CT molecular complexity index is 1400. The molecule has 7 nitrogen and oxygen atoms in total. The summed E-state index contributed by atoms with van der Waals surface area (Å²) in [5, 5.41) is 0.776. The fourth-order valence-electron chi connectivity index (χ4n) is 3.34. The van der Waals surface area contributed by atoms with Crippen LogP contribution in [-0.4, -0.2) is 23.9 Å². The van der Waals surface area contributed by atoms with E-state index >= 15 is 0 Å². The summed E-state index contributed by atoms with van der Waals surface area (Å²) in [7, 11) is 0. The van der Waals surface area contributed by atoms with Crippen LogP contribution in [0, 0.1) is 12.3 Å². The number of furan rings is 1. The lowest BCUT2D eigenvalue weighted by atomic mass is 10.2. The summed E-state index contributed by atoms with van der Waals surface area (Å²) in [4.78, 5) is 17.6. The molecule has 0 saturated carbocycles. The number of hydrogen-bond acceptors (Lipinski definition) is 6. The number of rotatable bonds is 4. The molecule has 1 aliphatic heterocycles. The zero-order valence-corrected chi connectivity index (χ0v) is 16.8. The van der Waals surface area contributed by atoms with Gasteiger partial charge in [0.15, 0.2) is 33.4 Å². The van der Waals surface area contributed by atoms with Gasteiger partial charge in [-0.25, -0.2) is 0 Å². The highest BCUT2D eigenvalue weighted by Gasteiger charge is 2.19. The van der Waals surface area contributed by atoms with Crippen molar-refractivity contribution in [3.05, 3.63) is 47.0 Å². The van der Waals surface area contributed by atoms with Crippen LogP contribution in [-0.2, 0) is 6.54 Å². The van der Waals surface area contributed by atoms with Gasteiger partial charge in [0.25, 0.3) is 0 Å². The summed E-state index contributed by atoms with van der Waals surface area (Å²) in [6.07, 6.45) is 5.55. The van der Waals surface area contributed by atoms with Crippen LogP contribution in [0.5, 0.6) is 17.2 Å². The maximum absolute atomic E-state index is 12.9. The van der Waals surface area contributed by atoms with Gasteiger partial charge in [-0.15, -0.1) is 6.42 Å². The van der Waals surface area contributed by atoms with Crippen molar-refractivity contribution in [2.45, 2.75) is 13.5 Å². The minimum atomic E-state index is -0.494. The van der Waals surface area contributed by atoms with Gasteiger partial charge in [0, 0.05) is 17.5 Å². The van der Waals surface area contributed by atoms with E-state index < -0.39 is 5.91 Å². The van der Waals surface area contributed by atoms with E-state index in [0.29, 0.717) is 34.2 Å². The van der Waals surface area contributed by atoms with Crippen LogP contribution in [0.3, 0.4) is 0 Å². The first-order chi connectivity index (χ1) is 14.7. The van der Waals surface area contributed by atoms with Crippen LogP contribution < -0.4 is 19.0 Å². The number of nitrogens with zero attached hydrogens (tertiary/aromatic N) is 2. The van der Waals surface area contributed by atoms with Crippen molar-refractivity contribution in [3.63, 3.8) is 0 Å². The van der Waals surface area contributed by atoms with Crippen LogP contribution in [0.1, 0.15) is 17.5 Å². The van der Waals surface area contributed by atoms with Gasteiger partial charge in [-0.1, -0.05) is 29.4 Å². The number of thiazole rings is 1. The molecule has 1 amide bonds. The van der Waals surface area contributed by atoms with Crippen molar-refractivity contribution in [2.24, 2.45) is 4.99 Å². The lowest BCUT2D eigenvalue weighted by Gasteiger charge is -2.02. The minimum Gasteiger partial charge on any atom is -0.490 e. The zero-order chi connectivity index (χ0) is 20.7. The van der Waals surface area contributed by atoms with E-state index in [4.69, 9.17) is 25.1 Å². The Morgan fingerprint density at radius 1 is 1.30 bits per heavy atom. The highest BCUT2D eigenvalue weighted by molar-refractivity contribution is 7.16. The molecule has 0 bridgehead atoms. The van der Waals surface area contributed by atoms with Crippen molar-refractivity contribution < 1.29 is 23.4 Å². The molecule has 8 heteroatoms. The first kappa shape index (κ1) is 18.3. The number of ether oxygens (including phenoxy) is 3. The SMILES string of the molecule is C#CCn1c(=NC(=O)c2cc3cccc(OCC)c3o2)sc2cc3c(cc21)OCO3. The largest absolute Gasteiger partial charge is 0.490 e. The molecule has 150 valence electrons. The van der Waals surface area contributed by atoms with Crippen LogP contribution in [0.25, 0.3) is 21.2 Å². The minimum absolute atomic E-state index is 0.135. The van der Waals surface area contributed by atoms with Gasteiger partial charge < -0.3 is 23.2 Å². The number of carbonyl (C=O) groups excluding carboxylic acids is 1. The number of hydrogen-bond donors (Lipinski definition) is 0. The second-order valence-corrected chi connectivity index (χ2v) is 7.49. The monoisotopic (exact) mass is 420 g/mol. The van der Waals surface area contributed by atoms with Crippen molar-refractivity contribution >= 4 is 38.4 Å². The zero-order valence-electron chi connectivity index (χ0n) is 16.0. The second kappa shape index (κ2) is 7.28. The quantitative estimate of drug-likeness (QED) is 0.468. The summed E-state index contributed by atoms with van der Waals surface area (Å²) in [5.41, 5.74) is 1.36. The molecule has 0 unspecified atom stereocenters. The molecule has 30 heavy (non-hydrogen) atoms. The van der Waals surface area contributed by atoms with Gasteiger partial charge in [-0.3, -0.25) is 4.79 Å². The van der Waals surface area contributed by atoms with Crippen LogP contribution >= 0.6 is 11.3 Å². The van der Waals surface area contributed by atoms with E-state index in [-0.39, 0.29) is 19.1 Å². The Morgan fingerprint density at radius 2 is 2.13 bits per heavy atom. The topological polar surface area (TPSA) is 75.2 Å². The van der Waals surface area contributed by atoms with Gasteiger partial charge in [0.1, 0.15) is 0 Å². The molecule has 2 aromatic carbocycles. The predicted octanol–water partition coefficient (Wildman–Crippen LogP) is 3.95. The highest BCUT2D eigenvalue weighted by Crippen LogP contribution is 2.37. The fraction of sp³-hybridized carbons (Fsp3) is 0.182. The molecule has 0 fully saturated rings. The van der Waals surface area contributed by atoms with E-state index in [1.54, 1.807) is 16.7 Å². The molecule has 0 spiro atoms. The van der Waals surface area contributed by atoms with Crippen molar-refractivity contribution in [1.29, 1.82) is 0 Å². The smallest absolute Gasteiger partial charge is 0.315 e. The van der Waals surface area contributed by atoms with Gasteiger partial charge in [-0.05, 0) is 19.1 Å². The number of aromatic nitrogens is 1. The van der Waals surface area contributed by atoms with Gasteiger partial charge >= 0.3 is 5.91 Å². The Labute approximate surface area is 175 Å². The Kier molecular flexibility index (Phi) is 4.45. The molecule has 3 heterocycles. The molecule has 5 rings (SSSR count). The van der Waals surface area contributed by atoms with Gasteiger partial charge in [-0.2, -0.15) is 4.99 Å². The summed E-state index contributed by atoms with van der Waals surface area (Å²) < 4.78 is 24.9. The first-order valence-electron chi connectivity index (χ1n) is 9.29. The van der Waals surface area contributed by atoms with Gasteiger partial charge in [0.2, 0.25) is 6.79 Å². The van der Waals surface area contributed by atoms with E-state index in [0.717, 1.165) is 15.6 Å². The third kappa shape index (κ3) is 3.00. The lowest BCUT2D eigenvalue weighted by Crippen LogP contribution is -2.16. The molecule has 0 aliphatic carbocycles. The van der Waals surface area contributed by atoms with Crippen LogP contribution in [0.4, 0.5) is 0 Å². The summed E-state index contributed by atoms with van der Waals surface area (Å²) in [6.45, 7) is 2.84.